The van der Waals surface area contributed by atoms with Gasteiger partial charge in [-0.1, -0.05) is 38.1 Å². The molecule has 0 heterocycles. The van der Waals surface area contributed by atoms with Crippen molar-refractivity contribution in [2.75, 3.05) is 0 Å². The Balaban J connectivity index is 3.39. The lowest BCUT2D eigenvalue weighted by atomic mass is 10.0. The molecule has 16 heavy (non-hydrogen) atoms. The van der Waals surface area contributed by atoms with Crippen molar-refractivity contribution in [3.63, 3.8) is 0 Å². The molecule has 1 aromatic carbocycles. The van der Waals surface area contributed by atoms with Gasteiger partial charge in [-0.2, -0.15) is 0 Å². The second-order valence-electron chi connectivity index (χ2n) is 3.67. The summed E-state index contributed by atoms with van der Waals surface area (Å²) in [6, 6.07) is 7.12. The predicted octanol–water partition coefficient (Wildman–Crippen LogP) is 3.23. The monoisotopic (exact) mass is 262 g/mol. The summed E-state index contributed by atoms with van der Waals surface area (Å²) in [4.78, 5) is 18.8. The first kappa shape index (κ1) is 13.7. The average Bonchev–Trinajstić information content (AvgIpc) is 2.26. The van der Waals surface area contributed by atoms with Gasteiger partial charge in [0, 0.05) is 0 Å². The predicted molar refractivity (Wildman–Crippen MR) is 65.7 cm³/mol. The number of hydrogen-bond donors (Lipinski definition) is 2. The van der Waals surface area contributed by atoms with Crippen molar-refractivity contribution in [3.05, 3.63) is 35.4 Å². The minimum Gasteiger partial charge on any atom is -0.323 e. The van der Waals surface area contributed by atoms with E-state index in [1.165, 1.54) is 0 Å². The van der Waals surface area contributed by atoms with Crippen LogP contribution in [0.1, 0.15) is 31.4 Å². The van der Waals surface area contributed by atoms with Crippen molar-refractivity contribution in [2.24, 2.45) is 0 Å². The van der Waals surface area contributed by atoms with Crippen LogP contribution >= 0.6 is 19.2 Å². The summed E-state index contributed by atoms with van der Waals surface area (Å²) in [6.07, 6.45) is 0.889. The van der Waals surface area contributed by atoms with Crippen LogP contribution in [0.15, 0.2) is 24.3 Å². The summed E-state index contributed by atoms with van der Waals surface area (Å²) in [5.74, 6) is 0. The Labute approximate surface area is 101 Å². The molecule has 0 spiro atoms. The first-order valence-corrected chi connectivity index (χ1v) is 7.18. The van der Waals surface area contributed by atoms with Gasteiger partial charge in [-0.3, -0.25) is 4.57 Å². The zero-order valence-corrected chi connectivity index (χ0v) is 11.0. The normalized spacial score (nSPS) is 15.8. The molecule has 0 aromatic heterocycles. The molecule has 0 aliphatic heterocycles. The molecule has 1 rings (SSSR count). The van der Waals surface area contributed by atoms with Gasteiger partial charge in [0.25, 0.3) is 0 Å². The topological polar surface area (TPSA) is 57.5 Å². The fourth-order valence-electron chi connectivity index (χ4n) is 1.76. The van der Waals surface area contributed by atoms with Crippen molar-refractivity contribution in [1.29, 1.82) is 0 Å². The van der Waals surface area contributed by atoms with Gasteiger partial charge < -0.3 is 9.79 Å². The van der Waals surface area contributed by atoms with Gasteiger partial charge in [0.05, 0.1) is 0 Å². The largest absolute Gasteiger partial charge is 0.350 e. The number of aryl methyl sites for hydroxylation is 1. The molecule has 1 aromatic rings. The molecule has 0 saturated heterocycles. The van der Waals surface area contributed by atoms with Gasteiger partial charge in [-0.05, 0) is 24.0 Å². The van der Waals surface area contributed by atoms with Gasteiger partial charge in [0.15, 0.2) is 4.62 Å². The van der Waals surface area contributed by atoms with E-state index in [9.17, 15) is 14.4 Å². The van der Waals surface area contributed by atoms with Gasteiger partial charge >= 0.3 is 7.60 Å². The second kappa shape index (κ2) is 4.89. The van der Waals surface area contributed by atoms with Crippen molar-refractivity contribution in [1.82, 2.24) is 0 Å². The zero-order chi connectivity index (χ0) is 12.4. The van der Waals surface area contributed by atoms with Crippen LogP contribution < -0.4 is 0 Å². The molecule has 0 aliphatic carbocycles. The maximum Gasteiger partial charge on any atom is 0.350 e. The fourth-order valence-corrected chi connectivity index (χ4v) is 2.88. The van der Waals surface area contributed by atoms with E-state index in [1.54, 1.807) is 19.1 Å². The fraction of sp³-hybridized carbons (Fsp3) is 0.455. The number of hydrogen-bond acceptors (Lipinski definition) is 1. The van der Waals surface area contributed by atoms with Gasteiger partial charge in [-0.15, -0.1) is 11.6 Å². The van der Waals surface area contributed by atoms with E-state index in [0.29, 0.717) is 12.0 Å². The molecule has 2 N–H and O–H groups in total. The molecule has 0 aliphatic rings. The van der Waals surface area contributed by atoms with E-state index in [-0.39, 0.29) is 6.42 Å². The SMILES string of the molecule is CCc1ccccc1C(Cl)(CC)P(=O)(O)O. The maximum absolute atomic E-state index is 11.5. The zero-order valence-electron chi connectivity index (χ0n) is 9.35. The summed E-state index contributed by atoms with van der Waals surface area (Å²) in [6.45, 7) is 3.62. The van der Waals surface area contributed by atoms with Crippen molar-refractivity contribution in [3.8, 4) is 0 Å². The van der Waals surface area contributed by atoms with Crippen LogP contribution in [0.3, 0.4) is 0 Å². The Bertz CT molecular complexity index is 415. The maximum atomic E-state index is 11.5. The first-order valence-electron chi connectivity index (χ1n) is 5.19. The number of rotatable bonds is 4. The Morgan fingerprint density at radius 3 is 2.31 bits per heavy atom. The highest BCUT2D eigenvalue weighted by Crippen LogP contribution is 2.62. The van der Waals surface area contributed by atoms with E-state index in [0.717, 1.165) is 5.56 Å². The van der Waals surface area contributed by atoms with E-state index in [4.69, 9.17) is 11.6 Å². The lowest BCUT2D eigenvalue weighted by Crippen LogP contribution is -2.19. The van der Waals surface area contributed by atoms with Gasteiger partial charge in [0.2, 0.25) is 0 Å². The quantitative estimate of drug-likeness (QED) is 0.647. The molecule has 0 fully saturated rings. The molecule has 90 valence electrons. The van der Waals surface area contributed by atoms with Gasteiger partial charge in [0.1, 0.15) is 0 Å². The van der Waals surface area contributed by atoms with Gasteiger partial charge in [-0.25, -0.2) is 0 Å². The van der Waals surface area contributed by atoms with E-state index < -0.39 is 12.2 Å². The molecule has 0 bridgehead atoms. The van der Waals surface area contributed by atoms with Crippen LogP contribution in [-0.4, -0.2) is 9.79 Å². The third-order valence-electron chi connectivity index (χ3n) is 2.74. The third-order valence-corrected chi connectivity index (χ3v) is 5.35. The first-order chi connectivity index (χ1) is 7.36. The molecule has 0 radical (unpaired) electrons. The highest BCUT2D eigenvalue weighted by Gasteiger charge is 2.46. The Hall–Kier alpha value is -0.340. The van der Waals surface area contributed by atoms with Crippen molar-refractivity contribution in [2.45, 2.75) is 31.3 Å². The van der Waals surface area contributed by atoms with Crippen LogP contribution in [-0.2, 0) is 15.6 Å². The summed E-state index contributed by atoms with van der Waals surface area (Å²) >= 11 is 6.15. The number of alkyl halides is 1. The van der Waals surface area contributed by atoms with E-state index in [1.807, 2.05) is 19.1 Å². The summed E-state index contributed by atoms with van der Waals surface area (Å²) in [5.41, 5.74) is 1.41. The molecular formula is C11H16ClO3P. The average molecular weight is 263 g/mol. The number of benzene rings is 1. The highest BCUT2D eigenvalue weighted by atomic mass is 35.5. The van der Waals surface area contributed by atoms with E-state index in [2.05, 4.69) is 0 Å². The third kappa shape index (κ3) is 2.33. The smallest absolute Gasteiger partial charge is 0.323 e. The Morgan fingerprint density at radius 2 is 1.88 bits per heavy atom. The summed E-state index contributed by atoms with van der Waals surface area (Å²) in [7, 11) is -4.38. The lowest BCUT2D eigenvalue weighted by molar-refractivity contribution is 0.348. The second-order valence-corrected chi connectivity index (χ2v) is 6.43. The summed E-state index contributed by atoms with van der Waals surface area (Å²) in [5, 5.41) is 0. The van der Waals surface area contributed by atoms with Crippen LogP contribution in [0.4, 0.5) is 0 Å². The number of halogens is 1. The molecule has 1 atom stereocenters. The lowest BCUT2D eigenvalue weighted by Gasteiger charge is -2.29. The minimum atomic E-state index is -4.38. The van der Waals surface area contributed by atoms with Crippen LogP contribution in [0.2, 0.25) is 0 Å². The molecular weight excluding hydrogens is 247 g/mol. The standard InChI is InChI=1S/C11H16ClO3P/c1-3-9-7-5-6-8-10(9)11(12,4-2)16(13,14)15/h5-8H,3-4H2,1-2H3,(H2,13,14,15). The molecule has 5 heteroatoms. The molecule has 0 amide bonds. The Kier molecular flexibility index (Phi) is 4.19. The van der Waals surface area contributed by atoms with Crippen molar-refractivity contribution < 1.29 is 14.4 Å². The minimum absolute atomic E-state index is 0.190. The summed E-state index contributed by atoms with van der Waals surface area (Å²) < 4.78 is 9.92. The van der Waals surface area contributed by atoms with Crippen LogP contribution in [0.25, 0.3) is 0 Å². The van der Waals surface area contributed by atoms with Crippen molar-refractivity contribution >= 4 is 19.2 Å². The molecule has 1 unspecified atom stereocenters. The van der Waals surface area contributed by atoms with Crippen LogP contribution in [0, 0.1) is 0 Å². The molecule has 0 saturated carbocycles. The molecule has 3 nitrogen and oxygen atoms in total. The Morgan fingerprint density at radius 1 is 1.31 bits per heavy atom. The van der Waals surface area contributed by atoms with Crippen LogP contribution in [0.5, 0.6) is 0 Å². The van der Waals surface area contributed by atoms with E-state index >= 15 is 0 Å². The highest BCUT2D eigenvalue weighted by molar-refractivity contribution is 7.55.